The standard InChI is InChI=1S/C23H31NO4/c1-12-10-24(27)11-14-6-4-13-5-7-15-17(21(26)28-3)9-23(19(13)15)20(25)16(12)8-18(24)22(14,23)2/h12,14-18H,4-11H2,1-3H3/t12-,14-,15-,16?,17-,18-,22-,23+,24?/m1/s1. The Labute approximate surface area is 166 Å². The Morgan fingerprint density at radius 2 is 1.96 bits per heavy atom. The van der Waals surface area contributed by atoms with Crippen molar-refractivity contribution in [3.63, 3.8) is 0 Å². The van der Waals surface area contributed by atoms with Crippen molar-refractivity contribution in [2.75, 3.05) is 20.2 Å². The second kappa shape index (κ2) is 5.10. The molecule has 2 saturated heterocycles. The minimum absolute atomic E-state index is 0.0125. The van der Waals surface area contributed by atoms with E-state index in [0.29, 0.717) is 25.3 Å². The van der Waals surface area contributed by atoms with E-state index in [0.717, 1.165) is 32.1 Å². The molecule has 0 N–H and O–H groups in total. The van der Waals surface area contributed by atoms with E-state index in [9.17, 15) is 14.8 Å². The Morgan fingerprint density at radius 1 is 1.21 bits per heavy atom. The van der Waals surface area contributed by atoms with Gasteiger partial charge in [-0.2, -0.15) is 0 Å². The number of Topliss-reactive ketones (excluding diaryl/α,β-unsaturated/α-hetero) is 1. The van der Waals surface area contributed by atoms with Crippen molar-refractivity contribution >= 4 is 11.8 Å². The third-order valence-corrected chi connectivity index (χ3v) is 10.4. The van der Waals surface area contributed by atoms with Crippen LogP contribution in [0.3, 0.4) is 0 Å². The van der Waals surface area contributed by atoms with Crippen LogP contribution in [0.1, 0.15) is 52.4 Å². The minimum atomic E-state index is -0.587. The van der Waals surface area contributed by atoms with Crippen LogP contribution >= 0.6 is 0 Å². The highest BCUT2D eigenvalue weighted by molar-refractivity contribution is 5.95. The van der Waals surface area contributed by atoms with Gasteiger partial charge in [0.15, 0.2) is 0 Å². The number of fused-ring (bicyclic) bond motifs is 1. The molecule has 0 radical (unpaired) electrons. The largest absolute Gasteiger partial charge is 0.633 e. The first kappa shape index (κ1) is 17.6. The van der Waals surface area contributed by atoms with Gasteiger partial charge in [-0.15, -0.1) is 0 Å². The fraction of sp³-hybridized carbons (Fsp3) is 0.826. The summed E-state index contributed by atoms with van der Waals surface area (Å²) in [6, 6.07) is 0.0147. The lowest BCUT2D eigenvalue weighted by atomic mass is 9.45. The maximum absolute atomic E-state index is 14.3. The number of methoxy groups -OCH3 is 1. The van der Waals surface area contributed by atoms with Crippen LogP contribution in [-0.2, 0) is 14.3 Å². The number of piperidine rings is 1. The predicted molar refractivity (Wildman–Crippen MR) is 103 cm³/mol. The summed E-state index contributed by atoms with van der Waals surface area (Å²) in [5.41, 5.74) is 1.88. The minimum Gasteiger partial charge on any atom is -0.633 e. The maximum Gasteiger partial charge on any atom is 0.309 e. The van der Waals surface area contributed by atoms with Crippen LogP contribution < -0.4 is 0 Å². The van der Waals surface area contributed by atoms with Crippen LogP contribution in [0.5, 0.6) is 0 Å². The maximum atomic E-state index is 14.3. The molecule has 4 aliphatic carbocycles. The van der Waals surface area contributed by atoms with Gasteiger partial charge >= 0.3 is 5.97 Å². The van der Waals surface area contributed by atoms with Gasteiger partial charge in [0, 0.05) is 29.6 Å². The topological polar surface area (TPSA) is 66.4 Å². The molecule has 0 aromatic carbocycles. The Kier molecular flexibility index (Phi) is 3.21. The van der Waals surface area contributed by atoms with Gasteiger partial charge in [-0.3, -0.25) is 9.59 Å². The van der Waals surface area contributed by atoms with Gasteiger partial charge in [0.2, 0.25) is 0 Å². The molecule has 0 aromatic rings. The fourth-order valence-corrected chi connectivity index (χ4v) is 9.37. The molecular formula is C23H31NO4. The molecule has 6 aliphatic rings. The van der Waals surface area contributed by atoms with Gasteiger partial charge in [0.05, 0.1) is 37.6 Å². The average Bonchev–Trinajstić information content (AvgIpc) is 3.26. The molecule has 2 unspecified atom stereocenters. The molecule has 4 fully saturated rings. The van der Waals surface area contributed by atoms with Gasteiger partial charge in [-0.25, -0.2) is 0 Å². The Bertz CT molecular complexity index is 834. The molecular weight excluding hydrogens is 354 g/mol. The number of ketones is 1. The molecule has 28 heavy (non-hydrogen) atoms. The molecule has 152 valence electrons. The zero-order valence-corrected chi connectivity index (χ0v) is 17.2. The summed E-state index contributed by atoms with van der Waals surface area (Å²) in [7, 11) is 1.47. The van der Waals surface area contributed by atoms with Gasteiger partial charge in [-0.1, -0.05) is 25.0 Å². The Morgan fingerprint density at radius 3 is 2.71 bits per heavy atom. The normalized spacial score (nSPS) is 55.9. The van der Waals surface area contributed by atoms with E-state index >= 15 is 0 Å². The highest BCUT2D eigenvalue weighted by Gasteiger charge is 2.79. The number of hydrogen-bond donors (Lipinski definition) is 0. The van der Waals surface area contributed by atoms with Crippen LogP contribution in [0.2, 0.25) is 0 Å². The molecule has 2 heterocycles. The number of quaternary nitrogens is 1. The number of rotatable bonds is 1. The molecule has 9 atom stereocenters. The van der Waals surface area contributed by atoms with Crippen molar-refractivity contribution in [2.45, 2.75) is 58.4 Å². The molecule has 1 spiro atoms. The van der Waals surface area contributed by atoms with Crippen LogP contribution in [0.15, 0.2) is 11.1 Å². The first-order chi connectivity index (χ1) is 13.3. The van der Waals surface area contributed by atoms with Crippen LogP contribution in [0, 0.1) is 45.6 Å². The van der Waals surface area contributed by atoms with Crippen LogP contribution in [0.4, 0.5) is 0 Å². The van der Waals surface area contributed by atoms with Gasteiger partial charge < -0.3 is 14.6 Å². The van der Waals surface area contributed by atoms with Gasteiger partial charge in [0.25, 0.3) is 0 Å². The van der Waals surface area contributed by atoms with Crippen LogP contribution in [-0.4, -0.2) is 42.6 Å². The number of esters is 1. The number of nitrogens with zero attached hydrogens (tertiary/aromatic N) is 1. The zero-order valence-electron chi connectivity index (χ0n) is 17.2. The smallest absolute Gasteiger partial charge is 0.309 e. The second-order valence-electron chi connectivity index (χ2n) is 10.9. The lowest BCUT2D eigenvalue weighted by molar-refractivity contribution is -0.908. The monoisotopic (exact) mass is 385 g/mol. The lowest BCUT2D eigenvalue weighted by Crippen LogP contribution is -2.68. The molecule has 2 saturated carbocycles. The third-order valence-electron chi connectivity index (χ3n) is 10.4. The molecule has 5 nitrogen and oxygen atoms in total. The number of hydrogen-bond acceptors (Lipinski definition) is 4. The summed E-state index contributed by atoms with van der Waals surface area (Å²) >= 11 is 0. The van der Waals surface area contributed by atoms with Gasteiger partial charge in [0.1, 0.15) is 5.78 Å². The van der Waals surface area contributed by atoms with Crippen molar-refractivity contribution in [3.8, 4) is 0 Å². The zero-order chi connectivity index (χ0) is 19.6. The van der Waals surface area contributed by atoms with Crippen molar-refractivity contribution in [2.24, 2.45) is 40.4 Å². The third kappa shape index (κ3) is 1.63. The first-order valence-corrected chi connectivity index (χ1v) is 11.2. The highest BCUT2D eigenvalue weighted by Crippen LogP contribution is 2.76. The fourth-order valence-electron chi connectivity index (χ4n) is 9.37. The Hall–Kier alpha value is -1.20. The predicted octanol–water partition coefficient (Wildman–Crippen LogP) is 3.22. The summed E-state index contributed by atoms with van der Waals surface area (Å²) in [6.45, 7) is 5.65. The second-order valence-corrected chi connectivity index (χ2v) is 10.9. The number of carbonyl (C=O) groups excluding carboxylic acids is 2. The highest BCUT2D eigenvalue weighted by atomic mass is 16.6. The molecule has 6 rings (SSSR count). The van der Waals surface area contributed by atoms with Crippen molar-refractivity contribution in [1.29, 1.82) is 0 Å². The van der Waals surface area contributed by atoms with Crippen molar-refractivity contribution in [3.05, 3.63) is 16.4 Å². The van der Waals surface area contributed by atoms with Crippen molar-refractivity contribution in [1.82, 2.24) is 0 Å². The van der Waals surface area contributed by atoms with Gasteiger partial charge in [-0.05, 0) is 38.0 Å². The summed E-state index contributed by atoms with van der Waals surface area (Å²) in [6.07, 6.45) is 5.40. The molecule has 2 bridgehead atoms. The SMILES string of the molecule is COC(=O)[C@@H]1C[C@]23C(=O)C4C[C@@H]5[C@@]2(C)[C@H](CCC2=C3[C@@H]1CC2)C[N+]5([O-])C[C@H]4C. The molecule has 5 heteroatoms. The summed E-state index contributed by atoms with van der Waals surface area (Å²) in [4.78, 5) is 27.0. The lowest BCUT2D eigenvalue weighted by Gasteiger charge is -2.62. The Balaban J connectivity index is 1.63. The summed E-state index contributed by atoms with van der Waals surface area (Å²) in [5, 5.41) is 14.0. The summed E-state index contributed by atoms with van der Waals surface area (Å²) < 4.78 is 5.11. The quantitative estimate of drug-likeness (QED) is 0.301. The average molecular weight is 386 g/mol. The van der Waals surface area contributed by atoms with E-state index in [1.807, 2.05) is 0 Å². The number of carbonyl (C=O) groups is 2. The molecule has 0 aromatic heterocycles. The number of allylic oxidation sites excluding steroid dienone is 2. The van der Waals surface area contributed by atoms with Crippen LogP contribution in [0.25, 0.3) is 0 Å². The summed E-state index contributed by atoms with van der Waals surface area (Å²) in [5.74, 6) is 0.588. The van der Waals surface area contributed by atoms with Crippen molar-refractivity contribution < 1.29 is 19.0 Å². The number of ether oxygens (including phenoxy) is 1. The van der Waals surface area contributed by atoms with E-state index in [1.165, 1.54) is 18.3 Å². The van der Waals surface area contributed by atoms with E-state index in [4.69, 9.17) is 4.74 Å². The first-order valence-electron chi connectivity index (χ1n) is 11.2. The van der Waals surface area contributed by atoms with E-state index < -0.39 is 5.41 Å². The number of hydroxylamine groups is 3. The molecule has 2 aliphatic heterocycles. The van der Waals surface area contributed by atoms with E-state index in [-0.39, 0.29) is 51.7 Å². The van der Waals surface area contributed by atoms with E-state index in [1.54, 1.807) is 0 Å². The molecule has 0 amide bonds. The van der Waals surface area contributed by atoms with E-state index in [2.05, 4.69) is 13.8 Å².